The van der Waals surface area contributed by atoms with Crippen molar-refractivity contribution in [2.45, 2.75) is 26.2 Å². The third-order valence-corrected chi connectivity index (χ3v) is 3.72. The van der Waals surface area contributed by atoms with Crippen molar-refractivity contribution in [3.05, 3.63) is 47.8 Å². The van der Waals surface area contributed by atoms with Crippen molar-refractivity contribution in [2.75, 3.05) is 27.2 Å². The van der Waals surface area contributed by atoms with E-state index in [2.05, 4.69) is 31.2 Å². The molecular formula is C18H27ClN4O. The van der Waals surface area contributed by atoms with Crippen LogP contribution in [-0.2, 0) is 5.41 Å². The molecule has 5 nitrogen and oxygen atoms in total. The van der Waals surface area contributed by atoms with Crippen LogP contribution in [0.3, 0.4) is 0 Å². The van der Waals surface area contributed by atoms with Gasteiger partial charge in [-0.25, -0.2) is 4.68 Å². The Morgan fingerprint density at radius 2 is 1.88 bits per heavy atom. The van der Waals surface area contributed by atoms with Gasteiger partial charge in [0.15, 0.2) is 0 Å². The molecule has 0 saturated heterocycles. The Bertz CT molecular complexity index is 661. The molecule has 0 unspecified atom stereocenters. The molecule has 24 heavy (non-hydrogen) atoms. The molecule has 1 amide bonds. The van der Waals surface area contributed by atoms with Crippen LogP contribution < -0.4 is 5.32 Å². The molecule has 0 aliphatic rings. The summed E-state index contributed by atoms with van der Waals surface area (Å²) in [5, 5.41) is 7.76. The highest BCUT2D eigenvalue weighted by Crippen LogP contribution is 2.26. The molecule has 1 aromatic carbocycles. The van der Waals surface area contributed by atoms with E-state index in [9.17, 15) is 4.79 Å². The molecule has 0 saturated carbocycles. The molecule has 0 atom stereocenters. The van der Waals surface area contributed by atoms with Crippen LogP contribution in [0.15, 0.2) is 36.5 Å². The number of aromatic nitrogens is 2. The lowest BCUT2D eigenvalue weighted by Crippen LogP contribution is -2.34. The summed E-state index contributed by atoms with van der Waals surface area (Å²) < 4.78 is 1.79. The average molecular weight is 351 g/mol. The van der Waals surface area contributed by atoms with Gasteiger partial charge < -0.3 is 10.2 Å². The number of hydrogen-bond donors (Lipinski definition) is 1. The quantitative estimate of drug-likeness (QED) is 0.902. The Kier molecular flexibility index (Phi) is 6.99. The van der Waals surface area contributed by atoms with Crippen LogP contribution in [0.1, 0.15) is 36.8 Å². The molecule has 0 fully saturated rings. The van der Waals surface area contributed by atoms with E-state index in [0.717, 1.165) is 17.9 Å². The third-order valence-electron chi connectivity index (χ3n) is 3.72. The molecule has 1 N–H and O–H groups in total. The summed E-state index contributed by atoms with van der Waals surface area (Å²) in [4.78, 5) is 14.5. The number of carbonyl (C=O) groups excluding carboxylic acids is 1. The zero-order valence-corrected chi connectivity index (χ0v) is 15.9. The van der Waals surface area contributed by atoms with E-state index in [1.807, 2.05) is 50.6 Å². The summed E-state index contributed by atoms with van der Waals surface area (Å²) in [7, 11) is 3.71. The number of nitrogens with zero attached hydrogens (tertiary/aromatic N) is 3. The van der Waals surface area contributed by atoms with Crippen molar-refractivity contribution < 1.29 is 4.79 Å². The summed E-state index contributed by atoms with van der Waals surface area (Å²) in [6.45, 7) is 7.66. The largest absolute Gasteiger partial charge is 0.340 e. The van der Waals surface area contributed by atoms with Gasteiger partial charge in [-0.1, -0.05) is 39.0 Å². The van der Waals surface area contributed by atoms with Gasteiger partial charge in [0.25, 0.3) is 5.91 Å². The second kappa shape index (κ2) is 8.31. The number of likely N-dealkylation sites (N-methyl/N-ethyl adjacent to an activating group) is 2. The second-order valence-corrected chi connectivity index (χ2v) is 6.75. The van der Waals surface area contributed by atoms with Gasteiger partial charge in [-0.3, -0.25) is 4.79 Å². The van der Waals surface area contributed by atoms with Gasteiger partial charge >= 0.3 is 0 Å². The molecule has 132 valence electrons. The zero-order chi connectivity index (χ0) is 17.0. The van der Waals surface area contributed by atoms with Crippen LogP contribution in [0.25, 0.3) is 5.69 Å². The Hall–Kier alpha value is -1.85. The lowest BCUT2D eigenvalue weighted by Gasteiger charge is -2.20. The summed E-state index contributed by atoms with van der Waals surface area (Å²) in [6.07, 6.45) is 1.84. The maximum Gasteiger partial charge on any atom is 0.257 e. The maximum atomic E-state index is 12.8. The first-order valence-electron chi connectivity index (χ1n) is 7.90. The molecule has 0 aliphatic heterocycles. The van der Waals surface area contributed by atoms with Gasteiger partial charge in [0, 0.05) is 31.7 Å². The predicted octanol–water partition coefficient (Wildman–Crippen LogP) is 2.88. The van der Waals surface area contributed by atoms with Crippen molar-refractivity contribution in [3.63, 3.8) is 0 Å². The number of rotatable bonds is 5. The van der Waals surface area contributed by atoms with Crippen LogP contribution in [0.5, 0.6) is 0 Å². The lowest BCUT2D eigenvalue weighted by molar-refractivity contribution is 0.0794. The predicted molar refractivity (Wildman–Crippen MR) is 100 cm³/mol. The number of carbonyl (C=O) groups is 1. The molecule has 2 rings (SSSR count). The van der Waals surface area contributed by atoms with Crippen LogP contribution in [-0.4, -0.2) is 47.8 Å². The lowest BCUT2D eigenvalue weighted by atomic mass is 9.89. The minimum Gasteiger partial charge on any atom is -0.340 e. The molecule has 0 aliphatic carbocycles. The molecule has 0 bridgehead atoms. The number of nitrogens with one attached hydrogen (secondary N) is 1. The van der Waals surface area contributed by atoms with Crippen LogP contribution in [0.4, 0.5) is 0 Å². The second-order valence-electron chi connectivity index (χ2n) is 6.75. The van der Waals surface area contributed by atoms with E-state index in [0.29, 0.717) is 12.1 Å². The Morgan fingerprint density at radius 1 is 1.25 bits per heavy atom. The Balaban J connectivity index is 0.00000288. The summed E-state index contributed by atoms with van der Waals surface area (Å²) in [6, 6.07) is 9.87. The maximum absolute atomic E-state index is 12.8. The van der Waals surface area contributed by atoms with E-state index < -0.39 is 0 Å². The van der Waals surface area contributed by atoms with E-state index in [1.165, 1.54) is 0 Å². The fourth-order valence-corrected chi connectivity index (χ4v) is 2.38. The van der Waals surface area contributed by atoms with E-state index in [1.54, 1.807) is 9.58 Å². The molecule has 6 heteroatoms. The van der Waals surface area contributed by atoms with Gasteiger partial charge in [-0.2, -0.15) is 5.10 Å². The van der Waals surface area contributed by atoms with Crippen LogP contribution >= 0.6 is 12.4 Å². The van der Waals surface area contributed by atoms with E-state index in [-0.39, 0.29) is 23.7 Å². The van der Waals surface area contributed by atoms with Crippen molar-refractivity contribution in [1.82, 2.24) is 20.0 Å². The molecule has 1 aromatic heterocycles. The van der Waals surface area contributed by atoms with Crippen molar-refractivity contribution in [1.29, 1.82) is 0 Å². The van der Waals surface area contributed by atoms with Gasteiger partial charge in [0.1, 0.15) is 0 Å². The van der Waals surface area contributed by atoms with Gasteiger partial charge in [-0.15, -0.1) is 12.4 Å². The minimum absolute atomic E-state index is 0. The minimum atomic E-state index is -0.200. The highest BCUT2D eigenvalue weighted by Gasteiger charge is 2.27. The number of benzene rings is 1. The van der Waals surface area contributed by atoms with Crippen LogP contribution in [0, 0.1) is 0 Å². The number of hydrogen-bond acceptors (Lipinski definition) is 3. The first-order chi connectivity index (χ1) is 10.8. The average Bonchev–Trinajstić information content (AvgIpc) is 2.98. The third kappa shape index (κ3) is 4.58. The first-order valence-corrected chi connectivity index (χ1v) is 7.90. The van der Waals surface area contributed by atoms with Gasteiger partial charge in [0.2, 0.25) is 0 Å². The van der Waals surface area contributed by atoms with Crippen LogP contribution in [0.2, 0.25) is 0 Å². The Labute approximate surface area is 150 Å². The number of para-hydroxylation sites is 1. The van der Waals surface area contributed by atoms with Gasteiger partial charge in [0.05, 0.1) is 16.9 Å². The van der Waals surface area contributed by atoms with Crippen molar-refractivity contribution in [3.8, 4) is 5.69 Å². The topological polar surface area (TPSA) is 50.2 Å². The number of amides is 1. The monoisotopic (exact) mass is 350 g/mol. The fraction of sp³-hybridized carbons (Fsp3) is 0.444. The highest BCUT2D eigenvalue weighted by molar-refractivity contribution is 5.95. The molecule has 0 radical (unpaired) electrons. The summed E-state index contributed by atoms with van der Waals surface area (Å²) in [5.74, 6) is 0.00681. The molecule has 2 aromatic rings. The zero-order valence-electron chi connectivity index (χ0n) is 15.0. The van der Waals surface area contributed by atoms with Crippen molar-refractivity contribution in [2.24, 2.45) is 0 Å². The molecule has 0 spiro atoms. The smallest absolute Gasteiger partial charge is 0.257 e. The number of halogens is 1. The summed E-state index contributed by atoms with van der Waals surface area (Å²) in [5.41, 5.74) is 2.24. The standard InChI is InChI=1S/C18H26N4O.ClH/c1-18(2,3)16-15(17(23)21(5)12-11-19-4)13-22(20-16)14-9-7-6-8-10-14;/h6-10,13,19H,11-12H2,1-5H3;1H. The fourth-order valence-electron chi connectivity index (χ4n) is 2.38. The van der Waals surface area contributed by atoms with Crippen molar-refractivity contribution >= 4 is 18.3 Å². The molecule has 1 heterocycles. The van der Waals surface area contributed by atoms with E-state index >= 15 is 0 Å². The highest BCUT2D eigenvalue weighted by atomic mass is 35.5. The normalized spacial score (nSPS) is 11.0. The first kappa shape index (κ1) is 20.2. The Morgan fingerprint density at radius 3 is 2.42 bits per heavy atom. The summed E-state index contributed by atoms with van der Waals surface area (Å²) >= 11 is 0. The van der Waals surface area contributed by atoms with Gasteiger partial charge in [-0.05, 0) is 19.2 Å². The van der Waals surface area contributed by atoms with E-state index in [4.69, 9.17) is 0 Å². The SMILES string of the molecule is CNCCN(C)C(=O)c1cn(-c2ccccc2)nc1C(C)(C)C.Cl. The molecular weight excluding hydrogens is 324 g/mol.